The first-order chi connectivity index (χ1) is 21.5. The fourth-order valence-electron chi connectivity index (χ4n) is 4.89. The van der Waals surface area contributed by atoms with E-state index in [0.29, 0.717) is 0 Å². The lowest BCUT2D eigenvalue weighted by molar-refractivity contribution is -0.931. The number of rotatable bonds is 4. The molecule has 0 fully saturated rings. The zero-order valence-corrected chi connectivity index (χ0v) is 24.8. The summed E-state index contributed by atoms with van der Waals surface area (Å²) >= 11 is 0. The second-order valence-electron chi connectivity index (χ2n) is 10.5. The zero-order chi connectivity index (χ0) is 30.3. The summed E-state index contributed by atoms with van der Waals surface area (Å²) in [5.41, 5.74) is 9.57. The molecule has 0 spiro atoms. The number of aryl methyl sites for hydroxylation is 2. The highest BCUT2D eigenvalue weighted by atomic mass is 15.2. The maximum atomic E-state index is 4.74. The van der Waals surface area contributed by atoms with Gasteiger partial charge in [0.1, 0.15) is 11.4 Å². The van der Waals surface area contributed by atoms with Crippen LogP contribution in [-0.4, -0.2) is 19.9 Å². The Hall–Kier alpha value is -5.98. The summed E-state index contributed by atoms with van der Waals surface area (Å²) in [6, 6.07) is 24.1. The van der Waals surface area contributed by atoms with Crippen LogP contribution < -0.4 is 9.13 Å². The molecule has 0 N–H and O–H groups in total. The van der Waals surface area contributed by atoms with E-state index in [2.05, 4.69) is 100 Å². The van der Waals surface area contributed by atoms with Crippen molar-refractivity contribution in [2.45, 2.75) is 26.9 Å². The third-order valence-electron chi connectivity index (χ3n) is 7.19. The maximum Gasteiger partial charge on any atom is 0.350 e. The van der Waals surface area contributed by atoms with Crippen molar-refractivity contribution >= 4 is 0 Å². The quantitative estimate of drug-likeness (QED) is 0.203. The Morgan fingerprint density at radius 3 is 1.32 bits per heavy atom. The summed E-state index contributed by atoms with van der Waals surface area (Å²) in [7, 11) is 0. The Labute approximate surface area is 257 Å². The molecule has 210 valence electrons. The number of pyridine rings is 6. The summed E-state index contributed by atoms with van der Waals surface area (Å²) in [6.07, 6.45) is 14.7. The smallest absolute Gasteiger partial charge is 0.265 e. The van der Waals surface area contributed by atoms with Gasteiger partial charge in [0.25, 0.3) is 0 Å². The summed E-state index contributed by atoms with van der Waals surface area (Å²) in [5.74, 6) is 13.1. The normalized spacial score (nSPS) is 10.5. The van der Waals surface area contributed by atoms with Crippen LogP contribution in [0.1, 0.15) is 46.5 Å². The van der Waals surface area contributed by atoms with E-state index in [0.717, 1.165) is 56.2 Å². The van der Waals surface area contributed by atoms with Gasteiger partial charge in [0, 0.05) is 83.7 Å². The van der Waals surface area contributed by atoms with Crippen molar-refractivity contribution in [1.29, 1.82) is 0 Å². The second-order valence-corrected chi connectivity index (χ2v) is 10.5. The lowest BCUT2D eigenvalue weighted by Crippen LogP contribution is -2.57. The van der Waals surface area contributed by atoms with E-state index in [1.807, 2.05) is 60.9 Å². The van der Waals surface area contributed by atoms with E-state index in [9.17, 15) is 0 Å². The molecule has 0 bridgehead atoms. The maximum absolute atomic E-state index is 4.74. The standard InChI is InChI=1S/C38H30N6/c1-28-8-20-41-35(24-28)37-26-33(6-4-31-10-16-39-17-11-31)14-22-43(37)30(3)44-23-15-34(7-5-32-12-18-40-19-13-32)27-38(44)36-25-29(2)9-21-42-36/h8-27,30H,1-3H3/q+2. The van der Waals surface area contributed by atoms with Gasteiger partial charge in [-0.05, 0) is 73.5 Å². The highest BCUT2D eigenvalue weighted by molar-refractivity contribution is 5.56. The first-order valence-corrected chi connectivity index (χ1v) is 14.3. The molecule has 0 aliphatic heterocycles. The highest BCUT2D eigenvalue weighted by Gasteiger charge is 2.31. The van der Waals surface area contributed by atoms with E-state index in [4.69, 9.17) is 9.97 Å². The summed E-state index contributed by atoms with van der Waals surface area (Å²) in [6.45, 7) is 6.32. The van der Waals surface area contributed by atoms with Crippen LogP contribution in [0.5, 0.6) is 0 Å². The third-order valence-corrected chi connectivity index (χ3v) is 7.19. The van der Waals surface area contributed by atoms with Crippen molar-refractivity contribution in [3.8, 4) is 46.5 Å². The molecular formula is C38H30N6+2. The van der Waals surface area contributed by atoms with Crippen LogP contribution in [0.25, 0.3) is 22.8 Å². The fourth-order valence-corrected chi connectivity index (χ4v) is 4.89. The molecule has 0 unspecified atom stereocenters. The van der Waals surface area contributed by atoms with E-state index in [1.54, 1.807) is 24.8 Å². The van der Waals surface area contributed by atoms with Gasteiger partial charge in [-0.2, -0.15) is 0 Å². The Morgan fingerprint density at radius 2 is 0.909 bits per heavy atom. The molecule has 0 aliphatic rings. The largest absolute Gasteiger partial charge is 0.350 e. The summed E-state index contributed by atoms with van der Waals surface area (Å²) in [4.78, 5) is 17.7. The minimum absolute atomic E-state index is 0.131. The fraction of sp³-hybridized carbons (Fsp3) is 0.105. The van der Waals surface area contributed by atoms with Gasteiger partial charge in [0.15, 0.2) is 12.4 Å². The first kappa shape index (κ1) is 28.2. The molecule has 6 aromatic heterocycles. The summed E-state index contributed by atoms with van der Waals surface area (Å²) in [5, 5.41) is 0. The molecule has 0 radical (unpaired) electrons. The molecule has 0 saturated carbocycles. The number of hydrogen-bond donors (Lipinski definition) is 0. The van der Waals surface area contributed by atoms with Crippen molar-refractivity contribution in [3.63, 3.8) is 0 Å². The van der Waals surface area contributed by atoms with Crippen LogP contribution in [0.15, 0.2) is 122 Å². The zero-order valence-electron chi connectivity index (χ0n) is 24.8. The SMILES string of the molecule is Cc1ccnc(-c2cc(C#Cc3ccncc3)cc[n+]2C(C)[n+]2ccc(C#Cc3ccncc3)cc2-c2cc(C)ccn2)c1. The van der Waals surface area contributed by atoms with Gasteiger partial charge in [-0.3, -0.25) is 9.97 Å². The van der Waals surface area contributed by atoms with Crippen molar-refractivity contribution < 1.29 is 9.13 Å². The van der Waals surface area contributed by atoms with Crippen LogP contribution in [0, 0.1) is 37.5 Å². The summed E-state index contributed by atoms with van der Waals surface area (Å²) < 4.78 is 4.45. The van der Waals surface area contributed by atoms with Crippen molar-refractivity contribution in [3.05, 3.63) is 156 Å². The van der Waals surface area contributed by atoms with E-state index in [1.165, 1.54) is 0 Å². The van der Waals surface area contributed by atoms with Gasteiger partial charge in [-0.15, -0.1) is 9.13 Å². The lowest BCUT2D eigenvalue weighted by atomic mass is 10.1. The predicted molar refractivity (Wildman–Crippen MR) is 170 cm³/mol. The molecule has 0 aliphatic carbocycles. The number of aromatic nitrogens is 6. The predicted octanol–water partition coefficient (Wildman–Crippen LogP) is 5.66. The Morgan fingerprint density at radius 1 is 0.500 bits per heavy atom. The molecule has 6 rings (SSSR count). The molecule has 0 atom stereocenters. The van der Waals surface area contributed by atoms with Crippen molar-refractivity contribution in [2.24, 2.45) is 0 Å². The van der Waals surface area contributed by atoms with Gasteiger partial charge in [-0.1, -0.05) is 23.7 Å². The Kier molecular flexibility index (Phi) is 8.25. The van der Waals surface area contributed by atoms with Crippen LogP contribution in [0.2, 0.25) is 0 Å². The van der Waals surface area contributed by atoms with Gasteiger partial charge in [0.2, 0.25) is 11.4 Å². The monoisotopic (exact) mass is 570 g/mol. The topological polar surface area (TPSA) is 59.3 Å². The lowest BCUT2D eigenvalue weighted by Gasteiger charge is -2.11. The Bertz CT molecular complexity index is 1920. The van der Waals surface area contributed by atoms with E-state index >= 15 is 0 Å². The van der Waals surface area contributed by atoms with Crippen LogP contribution in [0.3, 0.4) is 0 Å². The molecular weight excluding hydrogens is 540 g/mol. The molecule has 6 heterocycles. The Balaban J connectivity index is 1.47. The molecule has 6 aromatic rings. The molecule has 0 aromatic carbocycles. The number of hydrogen-bond acceptors (Lipinski definition) is 4. The second kappa shape index (κ2) is 12.9. The van der Waals surface area contributed by atoms with Gasteiger partial charge >= 0.3 is 6.17 Å². The highest BCUT2D eigenvalue weighted by Crippen LogP contribution is 2.20. The van der Waals surface area contributed by atoms with Crippen LogP contribution >= 0.6 is 0 Å². The first-order valence-electron chi connectivity index (χ1n) is 14.3. The van der Waals surface area contributed by atoms with Gasteiger partial charge < -0.3 is 0 Å². The molecule has 0 amide bonds. The minimum Gasteiger partial charge on any atom is -0.265 e. The van der Waals surface area contributed by atoms with Crippen LogP contribution in [0.4, 0.5) is 0 Å². The van der Waals surface area contributed by atoms with E-state index < -0.39 is 0 Å². The van der Waals surface area contributed by atoms with Crippen molar-refractivity contribution in [1.82, 2.24) is 19.9 Å². The third kappa shape index (κ3) is 6.57. The molecule has 6 nitrogen and oxygen atoms in total. The van der Waals surface area contributed by atoms with Crippen molar-refractivity contribution in [2.75, 3.05) is 0 Å². The van der Waals surface area contributed by atoms with Gasteiger partial charge in [0.05, 0.1) is 6.92 Å². The average molecular weight is 571 g/mol. The van der Waals surface area contributed by atoms with Crippen LogP contribution in [-0.2, 0) is 0 Å². The molecule has 44 heavy (non-hydrogen) atoms. The van der Waals surface area contributed by atoms with Gasteiger partial charge in [-0.25, -0.2) is 9.97 Å². The average Bonchev–Trinajstić information content (AvgIpc) is 3.07. The molecule has 6 heteroatoms. The minimum atomic E-state index is -0.131. The number of nitrogens with zero attached hydrogens (tertiary/aromatic N) is 6. The van der Waals surface area contributed by atoms with E-state index in [-0.39, 0.29) is 6.17 Å². The molecule has 0 saturated heterocycles.